The molecule has 1 saturated carbocycles. The van der Waals surface area contributed by atoms with Gasteiger partial charge in [-0.15, -0.1) is 0 Å². The molecule has 0 bridgehead atoms. The summed E-state index contributed by atoms with van der Waals surface area (Å²) in [6.07, 6.45) is 8.72. The zero-order valence-electron chi connectivity index (χ0n) is 17.1. The lowest BCUT2D eigenvalue weighted by Crippen LogP contribution is -2.10. The largest absolute Gasteiger partial charge is 0.399 e. The fourth-order valence-corrected chi connectivity index (χ4v) is 3.97. The van der Waals surface area contributed by atoms with E-state index in [2.05, 4.69) is 62.0 Å². The van der Waals surface area contributed by atoms with E-state index in [9.17, 15) is 0 Å². The summed E-state index contributed by atoms with van der Waals surface area (Å²) in [6.45, 7) is 8.04. The zero-order valence-corrected chi connectivity index (χ0v) is 17.1. The molecule has 146 valence electrons. The highest BCUT2D eigenvalue weighted by Crippen LogP contribution is 2.36. The maximum atomic E-state index is 6.15. The molecule has 1 fully saturated rings. The Bertz CT molecular complexity index is 862. The summed E-state index contributed by atoms with van der Waals surface area (Å²) in [5.41, 5.74) is 19.3. The molecular weight excluding hydrogens is 340 g/mol. The van der Waals surface area contributed by atoms with Gasteiger partial charge in [-0.05, 0) is 71.6 Å². The van der Waals surface area contributed by atoms with Gasteiger partial charge < -0.3 is 11.5 Å². The predicted molar refractivity (Wildman–Crippen MR) is 121 cm³/mol. The van der Waals surface area contributed by atoms with Crippen LogP contribution < -0.4 is 11.5 Å². The number of hydrogen-bond acceptors (Lipinski definition) is 2. The van der Waals surface area contributed by atoms with Gasteiger partial charge in [0.05, 0.1) is 0 Å². The Morgan fingerprint density at radius 3 is 1.96 bits per heavy atom. The van der Waals surface area contributed by atoms with Crippen LogP contribution in [0.1, 0.15) is 56.6 Å². The van der Waals surface area contributed by atoms with Gasteiger partial charge in [0, 0.05) is 11.4 Å². The fraction of sp³-hybridized carbons (Fsp3) is 0.308. The summed E-state index contributed by atoms with van der Waals surface area (Å²) >= 11 is 0. The molecule has 0 radical (unpaired) electrons. The fourth-order valence-electron chi connectivity index (χ4n) is 3.97. The molecule has 0 heterocycles. The Morgan fingerprint density at radius 2 is 1.43 bits per heavy atom. The van der Waals surface area contributed by atoms with E-state index in [1.165, 1.54) is 42.4 Å². The Kier molecular flexibility index (Phi) is 6.41. The number of benzene rings is 2. The Balaban J connectivity index is 1.75. The average molecular weight is 373 g/mol. The number of allylic oxidation sites excluding steroid dienone is 3. The van der Waals surface area contributed by atoms with Crippen LogP contribution in [0.2, 0.25) is 0 Å². The first kappa shape index (κ1) is 20.0. The minimum absolute atomic E-state index is 0.570. The van der Waals surface area contributed by atoms with Crippen LogP contribution >= 0.6 is 0 Å². The number of nitrogens with two attached hydrogens (primary N) is 2. The van der Waals surface area contributed by atoms with Gasteiger partial charge in [0.25, 0.3) is 0 Å². The van der Waals surface area contributed by atoms with E-state index < -0.39 is 0 Å². The molecule has 28 heavy (non-hydrogen) atoms. The smallest absolute Gasteiger partial charge is 0.0370 e. The molecule has 0 aromatic heterocycles. The van der Waals surface area contributed by atoms with Crippen molar-refractivity contribution in [3.63, 3.8) is 0 Å². The highest BCUT2D eigenvalue weighted by molar-refractivity contribution is 5.72. The summed E-state index contributed by atoms with van der Waals surface area (Å²) < 4.78 is 0. The molecule has 0 unspecified atom stereocenters. The summed E-state index contributed by atoms with van der Waals surface area (Å²) in [5, 5.41) is 0. The molecule has 0 atom stereocenters. The van der Waals surface area contributed by atoms with Crippen molar-refractivity contribution < 1.29 is 0 Å². The third-order valence-corrected chi connectivity index (χ3v) is 6.04. The van der Waals surface area contributed by atoms with Crippen molar-refractivity contribution in [2.75, 3.05) is 0 Å². The molecule has 2 aromatic rings. The van der Waals surface area contributed by atoms with Gasteiger partial charge in [-0.2, -0.15) is 0 Å². The third-order valence-electron chi connectivity index (χ3n) is 6.04. The molecule has 2 heteroatoms. The molecule has 2 aromatic carbocycles. The van der Waals surface area contributed by atoms with Gasteiger partial charge in [-0.1, -0.05) is 74.9 Å². The van der Waals surface area contributed by atoms with Gasteiger partial charge in [0.2, 0.25) is 0 Å². The molecule has 3 rings (SSSR count). The highest BCUT2D eigenvalue weighted by Gasteiger charge is 2.19. The van der Waals surface area contributed by atoms with Gasteiger partial charge >= 0.3 is 0 Å². The SMILES string of the molecule is C=C/C(N)=C\C(N)=C(/C)c1ccc(-c2ccc(C3CCC(C)CC3)cc2)cc1. The lowest BCUT2D eigenvalue weighted by atomic mass is 9.79. The maximum absolute atomic E-state index is 6.15. The van der Waals surface area contributed by atoms with Crippen LogP contribution in [-0.2, 0) is 0 Å². The molecular formula is C26H32N2. The second-order valence-electron chi connectivity index (χ2n) is 8.08. The summed E-state index contributed by atoms with van der Waals surface area (Å²) in [6, 6.07) is 17.7. The predicted octanol–water partition coefficient (Wildman–Crippen LogP) is 6.37. The molecule has 2 nitrogen and oxygen atoms in total. The van der Waals surface area contributed by atoms with Crippen molar-refractivity contribution >= 4 is 5.57 Å². The normalized spacial score (nSPS) is 21.1. The van der Waals surface area contributed by atoms with Crippen LogP contribution in [0.4, 0.5) is 0 Å². The van der Waals surface area contributed by atoms with E-state index >= 15 is 0 Å². The van der Waals surface area contributed by atoms with Crippen molar-refractivity contribution in [2.24, 2.45) is 17.4 Å². The molecule has 0 amide bonds. The summed E-state index contributed by atoms with van der Waals surface area (Å²) in [5.74, 6) is 1.63. The minimum atomic E-state index is 0.570. The molecule has 1 aliphatic rings. The average Bonchev–Trinajstić information content (AvgIpc) is 2.74. The van der Waals surface area contributed by atoms with Crippen molar-refractivity contribution in [2.45, 2.75) is 45.4 Å². The Labute approximate surface area is 169 Å². The van der Waals surface area contributed by atoms with E-state index in [1.54, 1.807) is 12.2 Å². The van der Waals surface area contributed by atoms with Gasteiger partial charge in [0.15, 0.2) is 0 Å². The van der Waals surface area contributed by atoms with Crippen molar-refractivity contribution in [1.82, 2.24) is 0 Å². The van der Waals surface area contributed by atoms with E-state index in [-0.39, 0.29) is 0 Å². The lowest BCUT2D eigenvalue weighted by Gasteiger charge is -2.26. The Hall–Kier alpha value is -2.74. The topological polar surface area (TPSA) is 52.0 Å². The lowest BCUT2D eigenvalue weighted by molar-refractivity contribution is 0.348. The van der Waals surface area contributed by atoms with Crippen LogP contribution in [-0.4, -0.2) is 0 Å². The van der Waals surface area contributed by atoms with Crippen LogP contribution in [0.5, 0.6) is 0 Å². The first-order chi connectivity index (χ1) is 13.5. The van der Waals surface area contributed by atoms with Crippen molar-refractivity contribution in [3.05, 3.63) is 89.8 Å². The molecule has 0 spiro atoms. The van der Waals surface area contributed by atoms with E-state index in [0.717, 1.165) is 23.0 Å². The number of hydrogen-bond donors (Lipinski definition) is 2. The summed E-state index contributed by atoms with van der Waals surface area (Å²) in [7, 11) is 0. The van der Waals surface area contributed by atoms with Crippen molar-refractivity contribution in [1.29, 1.82) is 0 Å². The molecule has 4 N–H and O–H groups in total. The highest BCUT2D eigenvalue weighted by atomic mass is 14.6. The van der Waals surface area contributed by atoms with Crippen LogP contribution in [0.15, 0.2) is 78.7 Å². The quantitative estimate of drug-likeness (QED) is 0.599. The third kappa shape index (κ3) is 4.75. The van der Waals surface area contributed by atoms with Crippen LogP contribution in [0.3, 0.4) is 0 Å². The van der Waals surface area contributed by atoms with Gasteiger partial charge in [0.1, 0.15) is 0 Å². The molecule has 0 aliphatic heterocycles. The summed E-state index contributed by atoms with van der Waals surface area (Å²) in [4.78, 5) is 0. The monoisotopic (exact) mass is 372 g/mol. The molecule has 1 aliphatic carbocycles. The second kappa shape index (κ2) is 8.97. The standard InChI is InChI=1S/C26H32N2/c1-4-25(27)17-26(28)19(3)20-9-11-22(12-10-20)24-15-13-23(14-16-24)21-7-5-18(2)6-8-21/h4,9-18,21H,1,5-8,27-28H2,2-3H3/b25-17+,26-19-. The van der Waals surface area contributed by atoms with Crippen LogP contribution in [0.25, 0.3) is 16.7 Å². The van der Waals surface area contributed by atoms with Gasteiger partial charge in [-0.3, -0.25) is 0 Å². The number of rotatable bonds is 5. The Morgan fingerprint density at radius 1 is 0.893 bits per heavy atom. The van der Waals surface area contributed by atoms with Crippen LogP contribution in [0, 0.1) is 5.92 Å². The first-order valence-corrected chi connectivity index (χ1v) is 10.2. The van der Waals surface area contributed by atoms with E-state index in [0.29, 0.717) is 11.4 Å². The minimum Gasteiger partial charge on any atom is -0.399 e. The maximum Gasteiger partial charge on any atom is 0.0370 e. The van der Waals surface area contributed by atoms with Gasteiger partial charge in [-0.25, -0.2) is 0 Å². The zero-order chi connectivity index (χ0) is 20.1. The van der Waals surface area contributed by atoms with E-state index in [1.807, 2.05) is 6.92 Å². The van der Waals surface area contributed by atoms with E-state index in [4.69, 9.17) is 11.5 Å². The second-order valence-corrected chi connectivity index (χ2v) is 8.08. The first-order valence-electron chi connectivity index (χ1n) is 10.2. The molecule has 0 saturated heterocycles. The van der Waals surface area contributed by atoms with Crippen molar-refractivity contribution in [3.8, 4) is 11.1 Å².